The van der Waals surface area contributed by atoms with E-state index in [0.717, 1.165) is 29.7 Å². The van der Waals surface area contributed by atoms with Crippen molar-refractivity contribution in [1.82, 2.24) is 5.32 Å². The van der Waals surface area contributed by atoms with Crippen LogP contribution in [0.2, 0.25) is 0 Å². The van der Waals surface area contributed by atoms with E-state index in [1.54, 1.807) is 0 Å². The van der Waals surface area contributed by atoms with E-state index in [0.29, 0.717) is 0 Å². The van der Waals surface area contributed by atoms with Gasteiger partial charge in [0, 0.05) is 6.04 Å². The highest BCUT2D eigenvalue weighted by molar-refractivity contribution is 5.00. The van der Waals surface area contributed by atoms with Gasteiger partial charge in [0.2, 0.25) is 0 Å². The number of nitrogens with one attached hydrogen (secondary N) is 1. The Hall–Kier alpha value is -0.0400. The Morgan fingerprint density at radius 3 is 2.50 bits per heavy atom. The fourth-order valence-electron chi connectivity index (χ4n) is 3.64. The maximum absolute atomic E-state index is 3.76. The Bertz CT molecular complexity index is 188. The van der Waals surface area contributed by atoms with Crippen LogP contribution in [0.15, 0.2) is 0 Å². The predicted molar refractivity (Wildman–Crippen MR) is 61.2 cm³/mol. The summed E-state index contributed by atoms with van der Waals surface area (Å²) in [5.41, 5.74) is 0. The quantitative estimate of drug-likeness (QED) is 0.680. The van der Waals surface area contributed by atoms with Crippen molar-refractivity contribution < 1.29 is 0 Å². The molecule has 0 spiro atoms. The summed E-state index contributed by atoms with van der Waals surface area (Å²) in [7, 11) is 0. The van der Waals surface area contributed by atoms with Gasteiger partial charge in [-0.05, 0) is 49.5 Å². The van der Waals surface area contributed by atoms with Crippen molar-refractivity contribution in [3.05, 3.63) is 0 Å². The molecule has 2 rings (SSSR count). The van der Waals surface area contributed by atoms with Gasteiger partial charge in [0.15, 0.2) is 0 Å². The van der Waals surface area contributed by atoms with E-state index in [1.165, 1.54) is 32.2 Å². The Kier molecular flexibility index (Phi) is 3.16. The van der Waals surface area contributed by atoms with Gasteiger partial charge in [-0.25, -0.2) is 0 Å². The van der Waals surface area contributed by atoms with Crippen LogP contribution in [-0.2, 0) is 0 Å². The van der Waals surface area contributed by atoms with Crippen molar-refractivity contribution in [2.75, 3.05) is 6.54 Å². The minimum Gasteiger partial charge on any atom is -0.314 e. The predicted octanol–water partition coefficient (Wildman–Crippen LogP) is 3.06. The molecule has 0 aromatic carbocycles. The third-order valence-electron chi connectivity index (χ3n) is 4.83. The van der Waals surface area contributed by atoms with E-state index in [4.69, 9.17) is 0 Å². The lowest BCUT2D eigenvalue weighted by atomic mass is 9.79. The molecule has 1 heteroatoms. The van der Waals surface area contributed by atoms with Crippen LogP contribution in [-0.4, -0.2) is 12.6 Å². The summed E-state index contributed by atoms with van der Waals surface area (Å²) in [4.78, 5) is 0. The molecule has 2 bridgehead atoms. The molecule has 0 radical (unpaired) electrons. The number of hydrogen-bond acceptors (Lipinski definition) is 1. The maximum atomic E-state index is 3.76. The van der Waals surface area contributed by atoms with Crippen molar-refractivity contribution in [2.45, 2.75) is 52.5 Å². The monoisotopic (exact) mass is 195 g/mol. The molecule has 0 heterocycles. The molecule has 0 saturated heterocycles. The van der Waals surface area contributed by atoms with Crippen molar-refractivity contribution in [2.24, 2.45) is 23.7 Å². The van der Waals surface area contributed by atoms with Crippen LogP contribution in [0.4, 0.5) is 0 Å². The largest absolute Gasteiger partial charge is 0.314 e. The van der Waals surface area contributed by atoms with Gasteiger partial charge in [-0.1, -0.05) is 27.2 Å². The molecule has 0 aromatic heterocycles. The molecule has 2 aliphatic carbocycles. The van der Waals surface area contributed by atoms with Crippen LogP contribution in [0, 0.1) is 23.7 Å². The SMILES string of the molecule is CCCCNC1CC2CC1C(C)C2C. The third-order valence-corrected chi connectivity index (χ3v) is 4.83. The normalized spacial score (nSPS) is 46.1. The topological polar surface area (TPSA) is 12.0 Å². The Morgan fingerprint density at radius 1 is 1.14 bits per heavy atom. The lowest BCUT2D eigenvalue weighted by Crippen LogP contribution is -2.39. The molecule has 2 aliphatic rings. The highest BCUT2D eigenvalue weighted by Crippen LogP contribution is 2.51. The van der Waals surface area contributed by atoms with Gasteiger partial charge in [-0.3, -0.25) is 0 Å². The van der Waals surface area contributed by atoms with Crippen molar-refractivity contribution in [3.63, 3.8) is 0 Å². The number of hydrogen-bond donors (Lipinski definition) is 1. The summed E-state index contributed by atoms with van der Waals surface area (Å²) in [5.74, 6) is 3.98. The summed E-state index contributed by atoms with van der Waals surface area (Å²) < 4.78 is 0. The summed E-state index contributed by atoms with van der Waals surface area (Å²) in [5, 5.41) is 3.76. The van der Waals surface area contributed by atoms with Gasteiger partial charge in [0.1, 0.15) is 0 Å². The van der Waals surface area contributed by atoms with Crippen molar-refractivity contribution in [3.8, 4) is 0 Å². The smallest absolute Gasteiger partial charge is 0.0101 e. The summed E-state index contributed by atoms with van der Waals surface area (Å²) in [6.07, 6.45) is 5.63. The van der Waals surface area contributed by atoms with Crippen LogP contribution in [0.1, 0.15) is 46.5 Å². The molecule has 82 valence electrons. The molecule has 2 fully saturated rings. The Balaban J connectivity index is 1.81. The second-order valence-corrected chi connectivity index (χ2v) is 5.53. The van der Waals surface area contributed by atoms with E-state index >= 15 is 0 Å². The van der Waals surface area contributed by atoms with Gasteiger partial charge in [0.25, 0.3) is 0 Å². The van der Waals surface area contributed by atoms with Crippen molar-refractivity contribution >= 4 is 0 Å². The highest BCUT2D eigenvalue weighted by Gasteiger charge is 2.48. The van der Waals surface area contributed by atoms with Crippen LogP contribution in [0.5, 0.6) is 0 Å². The van der Waals surface area contributed by atoms with E-state index in [2.05, 4.69) is 26.1 Å². The van der Waals surface area contributed by atoms with Crippen LogP contribution in [0.25, 0.3) is 0 Å². The van der Waals surface area contributed by atoms with Gasteiger partial charge < -0.3 is 5.32 Å². The van der Waals surface area contributed by atoms with Crippen LogP contribution < -0.4 is 5.32 Å². The lowest BCUT2D eigenvalue weighted by Gasteiger charge is -2.32. The molecule has 0 aromatic rings. The van der Waals surface area contributed by atoms with Gasteiger partial charge in [-0.2, -0.15) is 0 Å². The molecule has 14 heavy (non-hydrogen) atoms. The standard InChI is InChI=1S/C13H25N/c1-4-5-6-14-13-8-11-7-12(13)10(3)9(11)2/h9-14H,4-8H2,1-3H3. The average molecular weight is 195 g/mol. The van der Waals surface area contributed by atoms with Gasteiger partial charge in [0.05, 0.1) is 0 Å². The number of fused-ring (bicyclic) bond motifs is 2. The average Bonchev–Trinajstić information content (AvgIpc) is 2.69. The van der Waals surface area contributed by atoms with E-state index < -0.39 is 0 Å². The first kappa shape index (κ1) is 10.5. The number of unbranched alkanes of at least 4 members (excludes halogenated alkanes) is 1. The molecule has 5 atom stereocenters. The molecule has 1 N–H and O–H groups in total. The zero-order valence-corrected chi connectivity index (χ0v) is 9.92. The number of rotatable bonds is 4. The first-order valence-electron chi connectivity index (χ1n) is 6.47. The first-order valence-corrected chi connectivity index (χ1v) is 6.47. The second kappa shape index (κ2) is 4.22. The van der Waals surface area contributed by atoms with E-state index in [-0.39, 0.29) is 0 Å². The zero-order chi connectivity index (χ0) is 10.1. The molecular formula is C13H25N. The van der Waals surface area contributed by atoms with E-state index in [1.807, 2.05) is 0 Å². The summed E-state index contributed by atoms with van der Waals surface area (Å²) in [6.45, 7) is 8.43. The fourth-order valence-corrected chi connectivity index (χ4v) is 3.64. The lowest BCUT2D eigenvalue weighted by molar-refractivity contribution is 0.209. The zero-order valence-electron chi connectivity index (χ0n) is 9.92. The minimum atomic E-state index is 0.859. The first-order chi connectivity index (χ1) is 6.74. The highest BCUT2D eigenvalue weighted by atomic mass is 14.9. The maximum Gasteiger partial charge on any atom is 0.0101 e. The van der Waals surface area contributed by atoms with Crippen molar-refractivity contribution in [1.29, 1.82) is 0 Å². The van der Waals surface area contributed by atoms with Gasteiger partial charge in [-0.15, -0.1) is 0 Å². The van der Waals surface area contributed by atoms with E-state index in [9.17, 15) is 0 Å². The minimum absolute atomic E-state index is 0.859. The summed E-state index contributed by atoms with van der Waals surface area (Å²) in [6, 6.07) is 0.859. The van der Waals surface area contributed by atoms with Gasteiger partial charge >= 0.3 is 0 Å². The Morgan fingerprint density at radius 2 is 1.93 bits per heavy atom. The van der Waals surface area contributed by atoms with Crippen LogP contribution in [0.3, 0.4) is 0 Å². The van der Waals surface area contributed by atoms with Crippen LogP contribution >= 0.6 is 0 Å². The third kappa shape index (κ3) is 1.71. The molecule has 1 nitrogen and oxygen atoms in total. The Labute approximate surface area is 88.7 Å². The fraction of sp³-hybridized carbons (Fsp3) is 1.00. The molecule has 5 unspecified atom stereocenters. The molecule has 0 aliphatic heterocycles. The molecule has 2 saturated carbocycles. The molecular weight excluding hydrogens is 170 g/mol. The molecule has 0 amide bonds. The summed E-state index contributed by atoms with van der Waals surface area (Å²) >= 11 is 0. The second-order valence-electron chi connectivity index (χ2n) is 5.53.